The lowest BCUT2D eigenvalue weighted by molar-refractivity contribution is 0.425. The molecule has 0 spiro atoms. The quantitative estimate of drug-likeness (QED) is 0.474. The Kier molecular flexibility index (Phi) is 3.76. The molecule has 0 saturated heterocycles. The van der Waals surface area contributed by atoms with Crippen LogP contribution >= 0.6 is 9.24 Å². The topological polar surface area (TPSA) is 0 Å². The van der Waals surface area contributed by atoms with Crippen LogP contribution in [0, 0.1) is 0 Å². The molecular formula is C4H8FP. The maximum atomic E-state index is 11.6. The fourth-order valence-electron chi connectivity index (χ4n) is 0.238. The van der Waals surface area contributed by atoms with Crippen LogP contribution in [0.25, 0.3) is 0 Å². The van der Waals surface area contributed by atoms with E-state index in [0.717, 1.165) is 6.42 Å². The Hall–Kier alpha value is 0.360. The molecule has 1 atom stereocenters. The van der Waals surface area contributed by atoms with Crippen molar-refractivity contribution in [3.8, 4) is 0 Å². The third kappa shape index (κ3) is 4.36. The second-order valence-electron chi connectivity index (χ2n) is 1.22. The molecule has 0 aliphatic rings. The summed E-state index contributed by atoms with van der Waals surface area (Å²) in [4.78, 5) is 0. The van der Waals surface area contributed by atoms with E-state index in [1.807, 2.05) is 6.92 Å². The third-order valence-corrected chi connectivity index (χ3v) is 0.785. The fraction of sp³-hybridized carbons (Fsp3) is 1.00. The molecule has 0 aliphatic carbocycles. The number of alkyl halides is 1. The SMILES string of the molecule is CCCC(F)[P]. The van der Waals surface area contributed by atoms with Crippen molar-refractivity contribution in [1.82, 2.24) is 0 Å². The van der Waals surface area contributed by atoms with Gasteiger partial charge in [-0.2, -0.15) is 0 Å². The molecule has 0 aromatic carbocycles. The summed E-state index contributed by atoms with van der Waals surface area (Å²) in [5.74, 6) is -0.907. The minimum atomic E-state index is -0.907. The van der Waals surface area contributed by atoms with Crippen molar-refractivity contribution in [2.75, 3.05) is 0 Å². The highest BCUT2D eigenvalue weighted by atomic mass is 31.0. The molecule has 0 aromatic rings. The van der Waals surface area contributed by atoms with Gasteiger partial charge in [0.25, 0.3) is 0 Å². The standard InChI is InChI=1S/C4H8FP/c1-2-3-4(5)6/h4H,2-3H2,1H3. The van der Waals surface area contributed by atoms with Gasteiger partial charge in [-0.05, 0) is 15.7 Å². The van der Waals surface area contributed by atoms with E-state index in [0.29, 0.717) is 6.42 Å². The molecule has 0 heterocycles. The van der Waals surface area contributed by atoms with E-state index in [4.69, 9.17) is 0 Å². The lowest BCUT2D eigenvalue weighted by Crippen LogP contribution is -1.81. The number of hydrogen-bond acceptors (Lipinski definition) is 0. The normalized spacial score (nSPS) is 14.5. The number of rotatable bonds is 2. The molecule has 0 N–H and O–H groups in total. The van der Waals surface area contributed by atoms with Crippen molar-refractivity contribution in [1.29, 1.82) is 0 Å². The van der Waals surface area contributed by atoms with Gasteiger partial charge in [0.1, 0.15) is 5.91 Å². The highest BCUT2D eigenvalue weighted by molar-refractivity contribution is 7.17. The van der Waals surface area contributed by atoms with Gasteiger partial charge in [-0.25, -0.2) is 4.39 Å². The largest absolute Gasteiger partial charge is 0.242 e. The van der Waals surface area contributed by atoms with Crippen LogP contribution < -0.4 is 0 Å². The minimum Gasteiger partial charge on any atom is -0.242 e. The average molecular weight is 106 g/mol. The zero-order valence-electron chi connectivity index (χ0n) is 3.82. The fourth-order valence-corrected chi connectivity index (χ4v) is 0.496. The van der Waals surface area contributed by atoms with Crippen LogP contribution in [0.15, 0.2) is 0 Å². The molecular weight excluding hydrogens is 98.0 g/mol. The van der Waals surface area contributed by atoms with Crippen LogP contribution in [-0.4, -0.2) is 5.91 Å². The highest BCUT2D eigenvalue weighted by Gasteiger charge is 1.92. The number of halogens is 1. The second kappa shape index (κ2) is 3.55. The third-order valence-electron chi connectivity index (χ3n) is 0.527. The predicted molar refractivity (Wildman–Crippen MR) is 26.7 cm³/mol. The van der Waals surface area contributed by atoms with E-state index in [9.17, 15) is 4.39 Å². The average Bonchev–Trinajstić information content (AvgIpc) is 1.35. The van der Waals surface area contributed by atoms with Gasteiger partial charge in [-0.3, -0.25) is 0 Å². The summed E-state index contributed by atoms with van der Waals surface area (Å²) >= 11 is 0. The van der Waals surface area contributed by atoms with E-state index in [2.05, 4.69) is 9.24 Å². The zero-order chi connectivity index (χ0) is 4.99. The van der Waals surface area contributed by atoms with Crippen LogP contribution in [-0.2, 0) is 0 Å². The molecule has 0 amide bonds. The molecule has 0 fully saturated rings. The molecule has 0 nitrogen and oxygen atoms in total. The molecule has 0 aromatic heterocycles. The second-order valence-corrected chi connectivity index (χ2v) is 1.78. The summed E-state index contributed by atoms with van der Waals surface area (Å²) < 4.78 is 11.6. The molecule has 6 heavy (non-hydrogen) atoms. The van der Waals surface area contributed by atoms with Crippen LogP contribution in [0.4, 0.5) is 4.39 Å². The van der Waals surface area contributed by atoms with Gasteiger partial charge in [-0.1, -0.05) is 13.3 Å². The van der Waals surface area contributed by atoms with E-state index in [1.54, 1.807) is 0 Å². The lowest BCUT2D eigenvalue weighted by Gasteiger charge is -1.90. The summed E-state index contributed by atoms with van der Waals surface area (Å²) in [5, 5.41) is 0. The van der Waals surface area contributed by atoms with Crippen molar-refractivity contribution in [2.24, 2.45) is 0 Å². The van der Waals surface area contributed by atoms with Crippen LogP contribution in [0.5, 0.6) is 0 Å². The molecule has 0 rings (SSSR count). The van der Waals surface area contributed by atoms with Gasteiger partial charge < -0.3 is 0 Å². The van der Waals surface area contributed by atoms with Crippen LogP contribution in [0.2, 0.25) is 0 Å². The molecule has 0 aliphatic heterocycles. The molecule has 36 valence electrons. The summed E-state index contributed by atoms with van der Waals surface area (Å²) in [6, 6.07) is 0. The Morgan fingerprint density at radius 3 is 2.33 bits per heavy atom. The zero-order valence-corrected chi connectivity index (χ0v) is 4.71. The molecule has 1 unspecified atom stereocenters. The smallest absolute Gasteiger partial charge is 0.128 e. The van der Waals surface area contributed by atoms with Gasteiger partial charge in [0.15, 0.2) is 0 Å². The van der Waals surface area contributed by atoms with Crippen molar-refractivity contribution < 1.29 is 4.39 Å². The Morgan fingerprint density at radius 2 is 2.33 bits per heavy atom. The molecule has 2 radical (unpaired) electrons. The first kappa shape index (κ1) is 6.36. The van der Waals surface area contributed by atoms with E-state index >= 15 is 0 Å². The maximum Gasteiger partial charge on any atom is 0.128 e. The summed E-state index contributed by atoms with van der Waals surface area (Å²) in [6.07, 6.45) is 1.45. The Labute approximate surface area is 40.3 Å². The summed E-state index contributed by atoms with van der Waals surface area (Å²) in [7, 11) is 3.51. The van der Waals surface area contributed by atoms with E-state index in [1.165, 1.54) is 0 Å². The van der Waals surface area contributed by atoms with Gasteiger partial charge >= 0.3 is 0 Å². The van der Waals surface area contributed by atoms with Gasteiger partial charge in [0.05, 0.1) is 0 Å². The van der Waals surface area contributed by atoms with Gasteiger partial charge in [0.2, 0.25) is 0 Å². The highest BCUT2D eigenvalue weighted by Crippen LogP contribution is 2.07. The van der Waals surface area contributed by atoms with Crippen molar-refractivity contribution in [2.45, 2.75) is 25.7 Å². The van der Waals surface area contributed by atoms with Crippen molar-refractivity contribution in [3.63, 3.8) is 0 Å². The predicted octanol–water partition coefficient (Wildman–Crippen LogP) is 2.49. The van der Waals surface area contributed by atoms with Crippen molar-refractivity contribution >= 4 is 9.24 Å². The Bertz CT molecular complexity index is 28.7. The minimum absolute atomic E-state index is 0.573. The molecule has 2 heteroatoms. The van der Waals surface area contributed by atoms with E-state index < -0.39 is 5.91 Å². The van der Waals surface area contributed by atoms with Crippen LogP contribution in [0.3, 0.4) is 0 Å². The lowest BCUT2D eigenvalue weighted by atomic mass is 10.4. The maximum absolute atomic E-state index is 11.6. The molecule has 0 bridgehead atoms. The monoisotopic (exact) mass is 106 g/mol. The number of hydrogen-bond donors (Lipinski definition) is 0. The summed E-state index contributed by atoms with van der Waals surface area (Å²) in [5.41, 5.74) is 0. The first-order chi connectivity index (χ1) is 2.77. The van der Waals surface area contributed by atoms with Gasteiger partial charge in [0, 0.05) is 0 Å². The Balaban J connectivity index is 2.63. The van der Waals surface area contributed by atoms with Crippen LogP contribution in [0.1, 0.15) is 19.8 Å². The van der Waals surface area contributed by atoms with Gasteiger partial charge in [-0.15, -0.1) is 0 Å². The molecule has 0 saturated carbocycles. The summed E-state index contributed by atoms with van der Waals surface area (Å²) in [6.45, 7) is 1.93. The van der Waals surface area contributed by atoms with Crippen molar-refractivity contribution in [3.05, 3.63) is 0 Å². The first-order valence-corrected chi connectivity index (χ1v) is 2.61. The van der Waals surface area contributed by atoms with E-state index in [-0.39, 0.29) is 0 Å². The first-order valence-electron chi connectivity index (χ1n) is 2.09. The Morgan fingerprint density at radius 1 is 1.83 bits per heavy atom.